The van der Waals surface area contributed by atoms with E-state index in [1.54, 1.807) is 30.1 Å². The summed E-state index contributed by atoms with van der Waals surface area (Å²) in [5, 5.41) is 4.55. The molecule has 1 amide bonds. The van der Waals surface area contributed by atoms with E-state index in [1.165, 1.54) is 6.07 Å². The molecule has 6 heteroatoms. The number of rotatable bonds is 8. The summed E-state index contributed by atoms with van der Waals surface area (Å²) in [7, 11) is 1.73. The van der Waals surface area contributed by atoms with E-state index in [-0.39, 0.29) is 18.3 Å². The number of aromatic nitrogens is 2. The third-order valence-electron chi connectivity index (χ3n) is 4.34. The summed E-state index contributed by atoms with van der Waals surface area (Å²) in [6, 6.07) is 6.26. The van der Waals surface area contributed by atoms with Crippen LogP contribution in [0.5, 0.6) is 5.75 Å². The number of nitrogens with zero attached hydrogens (tertiary/aromatic N) is 3. The molecular formula is C20H28FN3O2. The molecule has 1 heterocycles. The molecule has 0 bridgehead atoms. The Morgan fingerprint density at radius 3 is 2.65 bits per heavy atom. The van der Waals surface area contributed by atoms with E-state index in [4.69, 9.17) is 4.74 Å². The van der Waals surface area contributed by atoms with E-state index < -0.39 is 5.82 Å². The molecule has 0 unspecified atom stereocenters. The number of likely N-dealkylation sites (N-methyl/N-ethyl adjacent to an activating group) is 1. The van der Waals surface area contributed by atoms with Crippen molar-refractivity contribution in [1.82, 2.24) is 14.7 Å². The first-order chi connectivity index (χ1) is 12.3. The SMILES string of the molecule is Cc1nn(CC(C)C)c(C)c1CC(=O)N(C)CCOc1ccccc1F. The maximum Gasteiger partial charge on any atom is 0.226 e. The van der Waals surface area contributed by atoms with Crippen LogP contribution in [0.2, 0.25) is 0 Å². The van der Waals surface area contributed by atoms with Crippen molar-refractivity contribution in [1.29, 1.82) is 0 Å². The lowest BCUT2D eigenvalue weighted by Crippen LogP contribution is -2.32. The number of ether oxygens (including phenoxy) is 1. The van der Waals surface area contributed by atoms with Crippen molar-refractivity contribution in [3.63, 3.8) is 0 Å². The topological polar surface area (TPSA) is 47.4 Å². The lowest BCUT2D eigenvalue weighted by atomic mass is 10.1. The molecule has 0 radical (unpaired) electrons. The van der Waals surface area contributed by atoms with Crippen LogP contribution in [0, 0.1) is 25.6 Å². The van der Waals surface area contributed by atoms with Crippen LogP contribution in [-0.4, -0.2) is 40.8 Å². The van der Waals surface area contributed by atoms with Gasteiger partial charge >= 0.3 is 0 Å². The fourth-order valence-corrected chi connectivity index (χ4v) is 2.78. The maximum absolute atomic E-state index is 13.5. The molecule has 0 fully saturated rings. The predicted molar refractivity (Wildman–Crippen MR) is 99.8 cm³/mol. The molecule has 2 aromatic rings. The Labute approximate surface area is 154 Å². The second-order valence-corrected chi connectivity index (χ2v) is 7.00. The molecule has 0 saturated heterocycles. The number of para-hydroxylation sites is 1. The normalized spacial score (nSPS) is 11.0. The van der Waals surface area contributed by atoms with Crippen molar-refractivity contribution >= 4 is 5.91 Å². The van der Waals surface area contributed by atoms with E-state index in [0.29, 0.717) is 18.9 Å². The Bertz CT molecular complexity index is 756. The number of carbonyl (C=O) groups excluding carboxylic acids is 1. The van der Waals surface area contributed by atoms with Gasteiger partial charge in [-0.05, 0) is 31.9 Å². The lowest BCUT2D eigenvalue weighted by molar-refractivity contribution is -0.129. The van der Waals surface area contributed by atoms with Gasteiger partial charge in [0.2, 0.25) is 5.91 Å². The number of hydrogen-bond donors (Lipinski definition) is 0. The van der Waals surface area contributed by atoms with Gasteiger partial charge in [0.15, 0.2) is 11.6 Å². The van der Waals surface area contributed by atoms with Crippen LogP contribution in [-0.2, 0) is 17.8 Å². The third kappa shape index (κ3) is 5.07. The number of amides is 1. The number of aryl methyl sites for hydroxylation is 1. The third-order valence-corrected chi connectivity index (χ3v) is 4.34. The molecule has 2 rings (SSSR count). The van der Waals surface area contributed by atoms with Gasteiger partial charge in [0, 0.05) is 24.8 Å². The van der Waals surface area contributed by atoms with Crippen LogP contribution in [0.25, 0.3) is 0 Å². The van der Waals surface area contributed by atoms with Gasteiger partial charge in [-0.1, -0.05) is 26.0 Å². The first kappa shape index (κ1) is 19.9. The number of carbonyl (C=O) groups is 1. The van der Waals surface area contributed by atoms with Crippen molar-refractivity contribution in [2.24, 2.45) is 5.92 Å². The maximum atomic E-state index is 13.5. The largest absolute Gasteiger partial charge is 0.489 e. The van der Waals surface area contributed by atoms with Crippen LogP contribution in [0.3, 0.4) is 0 Å². The van der Waals surface area contributed by atoms with Gasteiger partial charge in [-0.15, -0.1) is 0 Å². The van der Waals surface area contributed by atoms with Gasteiger partial charge in [-0.2, -0.15) is 5.10 Å². The van der Waals surface area contributed by atoms with Gasteiger partial charge < -0.3 is 9.64 Å². The second kappa shape index (κ2) is 8.83. The highest BCUT2D eigenvalue weighted by Crippen LogP contribution is 2.17. The molecule has 0 aliphatic rings. The second-order valence-electron chi connectivity index (χ2n) is 7.00. The summed E-state index contributed by atoms with van der Waals surface area (Å²) in [5.41, 5.74) is 2.92. The summed E-state index contributed by atoms with van der Waals surface area (Å²) in [4.78, 5) is 14.1. The highest BCUT2D eigenvalue weighted by molar-refractivity contribution is 5.79. The quantitative estimate of drug-likeness (QED) is 0.724. The smallest absolute Gasteiger partial charge is 0.226 e. The van der Waals surface area contributed by atoms with Gasteiger partial charge in [0.1, 0.15) is 6.61 Å². The minimum Gasteiger partial charge on any atom is -0.489 e. The Balaban J connectivity index is 1.91. The van der Waals surface area contributed by atoms with Crippen molar-refractivity contribution in [3.05, 3.63) is 47.0 Å². The first-order valence-electron chi connectivity index (χ1n) is 8.93. The standard InChI is InChI=1S/C20H28FN3O2/c1-14(2)13-24-16(4)17(15(3)22-24)12-20(25)23(5)10-11-26-19-9-7-6-8-18(19)21/h6-9,14H,10-13H2,1-5H3. The van der Waals surface area contributed by atoms with E-state index in [0.717, 1.165) is 23.5 Å². The van der Waals surface area contributed by atoms with Crippen molar-refractivity contribution in [2.45, 2.75) is 40.7 Å². The van der Waals surface area contributed by atoms with Gasteiger partial charge in [-0.3, -0.25) is 9.48 Å². The molecule has 0 N–H and O–H groups in total. The Kier molecular flexibility index (Phi) is 6.77. The zero-order valence-electron chi connectivity index (χ0n) is 16.3. The molecule has 5 nitrogen and oxygen atoms in total. The number of benzene rings is 1. The summed E-state index contributed by atoms with van der Waals surface area (Å²) < 4.78 is 20.9. The molecule has 0 aliphatic carbocycles. The molecule has 0 saturated carbocycles. The lowest BCUT2D eigenvalue weighted by Gasteiger charge is -2.18. The zero-order valence-corrected chi connectivity index (χ0v) is 16.3. The summed E-state index contributed by atoms with van der Waals surface area (Å²) >= 11 is 0. The van der Waals surface area contributed by atoms with Crippen LogP contribution >= 0.6 is 0 Å². The zero-order chi connectivity index (χ0) is 19.3. The Morgan fingerprint density at radius 2 is 2.00 bits per heavy atom. The average Bonchev–Trinajstić information content (AvgIpc) is 2.83. The Morgan fingerprint density at radius 1 is 1.31 bits per heavy atom. The van der Waals surface area contributed by atoms with Crippen LogP contribution < -0.4 is 4.74 Å². The molecule has 26 heavy (non-hydrogen) atoms. The van der Waals surface area contributed by atoms with E-state index in [9.17, 15) is 9.18 Å². The van der Waals surface area contributed by atoms with Crippen LogP contribution in [0.1, 0.15) is 30.8 Å². The average molecular weight is 361 g/mol. The Hall–Kier alpha value is -2.37. The molecule has 0 atom stereocenters. The molecule has 142 valence electrons. The number of hydrogen-bond acceptors (Lipinski definition) is 3. The number of halogens is 1. The minimum absolute atomic E-state index is 0.00238. The van der Waals surface area contributed by atoms with Gasteiger partial charge in [0.05, 0.1) is 18.7 Å². The van der Waals surface area contributed by atoms with E-state index in [1.807, 2.05) is 18.5 Å². The van der Waals surface area contributed by atoms with Crippen molar-refractivity contribution in [2.75, 3.05) is 20.2 Å². The fraction of sp³-hybridized carbons (Fsp3) is 0.500. The van der Waals surface area contributed by atoms with Gasteiger partial charge in [0.25, 0.3) is 0 Å². The fourth-order valence-electron chi connectivity index (χ4n) is 2.78. The molecular weight excluding hydrogens is 333 g/mol. The highest BCUT2D eigenvalue weighted by Gasteiger charge is 2.18. The van der Waals surface area contributed by atoms with Gasteiger partial charge in [-0.25, -0.2) is 4.39 Å². The van der Waals surface area contributed by atoms with Crippen molar-refractivity contribution in [3.8, 4) is 5.75 Å². The molecule has 1 aromatic heterocycles. The monoisotopic (exact) mass is 361 g/mol. The van der Waals surface area contributed by atoms with Crippen LogP contribution in [0.15, 0.2) is 24.3 Å². The van der Waals surface area contributed by atoms with Crippen LogP contribution in [0.4, 0.5) is 4.39 Å². The minimum atomic E-state index is -0.398. The summed E-state index contributed by atoms with van der Waals surface area (Å²) in [5.74, 6) is 0.299. The summed E-state index contributed by atoms with van der Waals surface area (Å²) in [6.45, 7) is 9.71. The first-order valence-corrected chi connectivity index (χ1v) is 8.93. The molecule has 0 spiro atoms. The predicted octanol–water partition coefficient (Wildman–Crippen LogP) is 3.37. The molecule has 0 aliphatic heterocycles. The highest BCUT2D eigenvalue weighted by atomic mass is 19.1. The van der Waals surface area contributed by atoms with E-state index in [2.05, 4.69) is 18.9 Å². The molecule has 1 aromatic carbocycles. The summed E-state index contributed by atoms with van der Waals surface area (Å²) in [6.07, 6.45) is 0.311. The van der Waals surface area contributed by atoms with E-state index >= 15 is 0 Å². The van der Waals surface area contributed by atoms with Crippen molar-refractivity contribution < 1.29 is 13.9 Å².